The maximum atomic E-state index is 13.2. The van der Waals surface area contributed by atoms with E-state index in [0.717, 1.165) is 6.42 Å². The van der Waals surface area contributed by atoms with E-state index in [1.165, 1.54) is 4.90 Å². The first-order valence-corrected chi connectivity index (χ1v) is 11.3. The quantitative estimate of drug-likeness (QED) is 0.466. The van der Waals surface area contributed by atoms with Crippen molar-refractivity contribution in [3.05, 3.63) is 63.1 Å². The second-order valence-electron chi connectivity index (χ2n) is 7.24. The van der Waals surface area contributed by atoms with Crippen LogP contribution in [0.15, 0.2) is 42.5 Å². The lowest BCUT2D eigenvalue weighted by Crippen LogP contribution is -2.51. The number of nitrogens with one attached hydrogen (secondary N) is 1. The molecule has 31 heavy (non-hydrogen) atoms. The van der Waals surface area contributed by atoms with E-state index < -0.39 is 6.04 Å². The van der Waals surface area contributed by atoms with E-state index in [0.29, 0.717) is 32.8 Å². The van der Waals surface area contributed by atoms with Gasteiger partial charge in [-0.2, -0.15) is 0 Å². The monoisotopic (exact) mass is 484 g/mol. The molecule has 2 amide bonds. The SMILES string of the molecule is CC[C@H](C(=O)N[C@@H](C)CC)N(Cc1ccc(Cl)cc1Cl)C(=O)COc1ccc(Cl)cc1. The number of carbonyl (C=O) groups is 2. The Morgan fingerprint density at radius 3 is 2.23 bits per heavy atom. The highest BCUT2D eigenvalue weighted by molar-refractivity contribution is 6.35. The van der Waals surface area contributed by atoms with Crippen LogP contribution in [0.1, 0.15) is 39.2 Å². The lowest BCUT2D eigenvalue weighted by molar-refractivity contribution is -0.143. The summed E-state index contributed by atoms with van der Waals surface area (Å²) in [6.45, 7) is 5.72. The standard InChI is InChI=1S/C23H27Cl3N2O3/c1-4-15(3)27-23(30)21(5-2)28(13-16-6-7-18(25)12-20(16)26)22(29)14-31-19-10-8-17(24)9-11-19/h6-12,15,21H,4-5,13-14H2,1-3H3,(H,27,30)/t15-,21+/m0/s1. The maximum Gasteiger partial charge on any atom is 0.261 e. The summed E-state index contributed by atoms with van der Waals surface area (Å²) in [7, 11) is 0. The van der Waals surface area contributed by atoms with Crippen LogP contribution in [0, 0.1) is 0 Å². The van der Waals surface area contributed by atoms with Gasteiger partial charge in [-0.3, -0.25) is 9.59 Å². The minimum atomic E-state index is -0.665. The largest absolute Gasteiger partial charge is 0.484 e. The van der Waals surface area contributed by atoms with Crippen molar-refractivity contribution in [1.82, 2.24) is 10.2 Å². The highest BCUT2D eigenvalue weighted by Crippen LogP contribution is 2.24. The predicted octanol–water partition coefficient (Wildman–Crippen LogP) is 5.75. The van der Waals surface area contributed by atoms with Crippen LogP contribution in [-0.4, -0.2) is 35.4 Å². The van der Waals surface area contributed by atoms with Crippen LogP contribution in [0.5, 0.6) is 5.75 Å². The van der Waals surface area contributed by atoms with Gasteiger partial charge >= 0.3 is 0 Å². The van der Waals surface area contributed by atoms with E-state index >= 15 is 0 Å². The summed E-state index contributed by atoms with van der Waals surface area (Å²) in [6, 6.07) is 11.1. The molecule has 0 radical (unpaired) electrons. The molecule has 0 aliphatic heterocycles. The van der Waals surface area contributed by atoms with E-state index in [1.54, 1.807) is 42.5 Å². The lowest BCUT2D eigenvalue weighted by Gasteiger charge is -2.31. The maximum absolute atomic E-state index is 13.2. The minimum absolute atomic E-state index is 0.00272. The predicted molar refractivity (Wildman–Crippen MR) is 126 cm³/mol. The van der Waals surface area contributed by atoms with Gasteiger partial charge in [0.15, 0.2) is 6.61 Å². The second-order valence-corrected chi connectivity index (χ2v) is 8.52. The Balaban J connectivity index is 2.24. The zero-order valence-corrected chi connectivity index (χ0v) is 20.1. The molecule has 0 aliphatic rings. The molecule has 2 rings (SSSR count). The first kappa shape index (κ1) is 25.3. The summed E-state index contributed by atoms with van der Waals surface area (Å²) in [6.07, 6.45) is 1.24. The van der Waals surface area contributed by atoms with E-state index in [9.17, 15) is 9.59 Å². The first-order chi connectivity index (χ1) is 14.7. The molecular formula is C23H27Cl3N2O3. The molecule has 2 aromatic rings. The molecule has 0 fully saturated rings. The molecule has 168 valence electrons. The van der Waals surface area contributed by atoms with Crippen molar-refractivity contribution in [1.29, 1.82) is 0 Å². The number of hydrogen-bond acceptors (Lipinski definition) is 3. The normalized spacial score (nSPS) is 12.7. The average molecular weight is 486 g/mol. The fourth-order valence-corrected chi connectivity index (χ4v) is 3.55. The highest BCUT2D eigenvalue weighted by Gasteiger charge is 2.30. The van der Waals surface area contributed by atoms with E-state index in [4.69, 9.17) is 39.5 Å². The van der Waals surface area contributed by atoms with Crippen LogP contribution in [0.25, 0.3) is 0 Å². The van der Waals surface area contributed by atoms with E-state index in [1.807, 2.05) is 20.8 Å². The first-order valence-electron chi connectivity index (χ1n) is 10.2. The van der Waals surface area contributed by atoms with Crippen molar-refractivity contribution in [2.75, 3.05) is 6.61 Å². The minimum Gasteiger partial charge on any atom is -0.484 e. The molecular weight excluding hydrogens is 459 g/mol. The Bertz CT molecular complexity index is 890. The number of amides is 2. The zero-order chi connectivity index (χ0) is 23.0. The summed E-state index contributed by atoms with van der Waals surface area (Å²) < 4.78 is 5.63. The molecule has 0 saturated carbocycles. The van der Waals surface area contributed by atoms with Crippen LogP contribution in [0.3, 0.4) is 0 Å². The van der Waals surface area contributed by atoms with Crippen LogP contribution >= 0.6 is 34.8 Å². The van der Waals surface area contributed by atoms with Crippen molar-refractivity contribution in [2.45, 2.75) is 52.2 Å². The molecule has 2 atom stereocenters. The van der Waals surface area contributed by atoms with Crippen LogP contribution < -0.4 is 10.1 Å². The lowest BCUT2D eigenvalue weighted by atomic mass is 10.1. The van der Waals surface area contributed by atoms with Crippen molar-refractivity contribution in [3.63, 3.8) is 0 Å². The topological polar surface area (TPSA) is 58.6 Å². The van der Waals surface area contributed by atoms with Gasteiger partial charge in [0.25, 0.3) is 5.91 Å². The number of carbonyl (C=O) groups excluding carboxylic acids is 2. The summed E-state index contributed by atoms with van der Waals surface area (Å²) in [4.78, 5) is 27.6. The van der Waals surface area contributed by atoms with Crippen molar-refractivity contribution in [3.8, 4) is 5.75 Å². The molecule has 0 aliphatic carbocycles. The van der Waals surface area contributed by atoms with Gasteiger partial charge in [0.05, 0.1) is 0 Å². The van der Waals surface area contributed by atoms with Gasteiger partial charge in [-0.1, -0.05) is 54.7 Å². The van der Waals surface area contributed by atoms with Gasteiger partial charge in [-0.25, -0.2) is 0 Å². The number of hydrogen-bond donors (Lipinski definition) is 1. The Morgan fingerprint density at radius 2 is 1.65 bits per heavy atom. The van der Waals surface area contributed by atoms with E-state index in [-0.39, 0.29) is 31.0 Å². The summed E-state index contributed by atoms with van der Waals surface area (Å²) >= 11 is 18.2. The third-order valence-electron chi connectivity index (χ3n) is 4.92. The molecule has 0 bridgehead atoms. The van der Waals surface area contributed by atoms with Crippen molar-refractivity contribution < 1.29 is 14.3 Å². The number of nitrogens with zero attached hydrogens (tertiary/aromatic N) is 1. The molecule has 0 spiro atoms. The number of ether oxygens (including phenoxy) is 1. The number of rotatable bonds is 10. The number of halogens is 3. The average Bonchev–Trinajstić information content (AvgIpc) is 2.74. The second kappa shape index (κ2) is 12.2. The molecule has 0 aromatic heterocycles. The van der Waals surface area contributed by atoms with Gasteiger partial charge in [0.1, 0.15) is 11.8 Å². The fourth-order valence-electron chi connectivity index (χ4n) is 2.95. The third-order valence-corrected chi connectivity index (χ3v) is 5.76. The number of benzene rings is 2. The molecule has 5 nitrogen and oxygen atoms in total. The van der Waals surface area contributed by atoms with E-state index in [2.05, 4.69) is 5.32 Å². The summed E-state index contributed by atoms with van der Waals surface area (Å²) in [5, 5.41) is 4.47. The van der Waals surface area contributed by atoms with Crippen LogP contribution in [-0.2, 0) is 16.1 Å². The van der Waals surface area contributed by atoms with Crippen LogP contribution in [0.4, 0.5) is 0 Å². The summed E-state index contributed by atoms with van der Waals surface area (Å²) in [5.74, 6) is -0.0202. The van der Waals surface area contributed by atoms with Crippen molar-refractivity contribution >= 4 is 46.6 Å². The molecule has 2 aromatic carbocycles. The molecule has 1 N–H and O–H groups in total. The van der Waals surface area contributed by atoms with Gasteiger partial charge in [-0.05, 0) is 61.7 Å². The molecule has 0 saturated heterocycles. The zero-order valence-electron chi connectivity index (χ0n) is 17.8. The molecule has 8 heteroatoms. The Kier molecular flexibility index (Phi) is 9.94. The van der Waals surface area contributed by atoms with Gasteiger partial charge in [0.2, 0.25) is 5.91 Å². The Hall–Kier alpha value is -1.95. The van der Waals surface area contributed by atoms with Crippen molar-refractivity contribution in [2.24, 2.45) is 0 Å². The van der Waals surface area contributed by atoms with Gasteiger partial charge in [0, 0.05) is 27.7 Å². The van der Waals surface area contributed by atoms with Gasteiger partial charge < -0.3 is 15.0 Å². The Labute approximate surface area is 198 Å². The Morgan fingerprint density at radius 1 is 1.00 bits per heavy atom. The molecule has 0 unspecified atom stereocenters. The molecule has 0 heterocycles. The van der Waals surface area contributed by atoms with Gasteiger partial charge in [-0.15, -0.1) is 0 Å². The fraction of sp³-hybridized carbons (Fsp3) is 0.391. The third kappa shape index (κ3) is 7.60. The smallest absolute Gasteiger partial charge is 0.261 e. The van der Waals surface area contributed by atoms with Crippen LogP contribution in [0.2, 0.25) is 15.1 Å². The summed E-state index contributed by atoms with van der Waals surface area (Å²) in [5.41, 5.74) is 0.695. The highest BCUT2D eigenvalue weighted by atomic mass is 35.5.